The summed E-state index contributed by atoms with van der Waals surface area (Å²) in [4.78, 5) is 11.6. The van der Waals surface area contributed by atoms with Crippen molar-refractivity contribution in [3.05, 3.63) is 29.8 Å². The van der Waals surface area contributed by atoms with E-state index in [4.69, 9.17) is 11.0 Å². The highest BCUT2D eigenvalue weighted by molar-refractivity contribution is 5.94. The molecule has 4 heteroatoms. The first kappa shape index (κ1) is 10.7. The molecule has 0 radical (unpaired) electrons. The van der Waals surface area contributed by atoms with E-state index in [0.717, 1.165) is 17.7 Å². The predicted octanol–water partition coefficient (Wildman–Crippen LogP) is 1.04. The van der Waals surface area contributed by atoms with Gasteiger partial charge in [-0.15, -0.1) is 0 Å². The maximum absolute atomic E-state index is 11.6. The van der Waals surface area contributed by atoms with Crippen LogP contribution in [-0.2, 0) is 11.2 Å². The lowest BCUT2D eigenvalue weighted by atomic mass is 10.1. The van der Waals surface area contributed by atoms with Gasteiger partial charge in [-0.2, -0.15) is 5.26 Å². The molecule has 1 amide bonds. The van der Waals surface area contributed by atoms with Gasteiger partial charge in [0.05, 0.1) is 18.4 Å². The fourth-order valence-electron chi connectivity index (χ4n) is 1.55. The zero-order chi connectivity index (χ0) is 11.5. The maximum Gasteiger partial charge on any atom is 0.229 e. The molecule has 0 spiro atoms. The first-order chi connectivity index (χ1) is 7.70. The number of amides is 1. The van der Waals surface area contributed by atoms with Gasteiger partial charge in [-0.05, 0) is 24.1 Å². The van der Waals surface area contributed by atoms with Crippen molar-refractivity contribution in [2.24, 2.45) is 11.7 Å². The molecule has 16 heavy (non-hydrogen) atoms. The van der Waals surface area contributed by atoms with E-state index < -0.39 is 0 Å². The second kappa shape index (κ2) is 4.33. The van der Waals surface area contributed by atoms with E-state index in [9.17, 15) is 4.79 Å². The van der Waals surface area contributed by atoms with Gasteiger partial charge in [0.15, 0.2) is 0 Å². The molecule has 2 unspecified atom stereocenters. The second-order valence-electron chi connectivity index (χ2n) is 4.03. The van der Waals surface area contributed by atoms with Crippen LogP contribution in [0, 0.1) is 17.2 Å². The summed E-state index contributed by atoms with van der Waals surface area (Å²) in [6.45, 7) is 0. The molecule has 0 bridgehead atoms. The largest absolute Gasteiger partial charge is 0.327 e. The predicted molar refractivity (Wildman–Crippen MR) is 60.5 cm³/mol. The van der Waals surface area contributed by atoms with E-state index in [1.165, 1.54) is 0 Å². The SMILES string of the molecule is N#CCc1ccc(NC(=O)C2CC2N)cc1. The number of nitrogens with one attached hydrogen (secondary N) is 1. The van der Waals surface area contributed by atoms with E-state index in [2.05, 4.69) is 11.4 Å². The number of benzene rings is 1. The molecule has 0 saturated heterocycles. The van der Waals surface area contributed by atoms with Gasteiger partial charge in [-0.1, -0.05) is 12.1 Å². The molecular weight excluding hydrogens is 202 g/mol. The summed E-state index contributed by atoms with van der Waals surface area (Å²) in [5, 5.41) is 11.3. The Bertz CT molecular complexity index is 433. The van der Waals surface area contributed by atoms with E-state index in [1.54, 1.807) is 12.1 Å². The molecule has 1 aliphatic rings. The Kier molecular flexibility index (Phi) is 2.88. The highest BCUT2D eigenvalue weighted by atomic mass is 16.2. The van der Waals surface area contributed by atoms with Crippen molar-refractivity contribution < 1.29 is 4.79 Å². The maximum atomic E-state index is 11.6. The Hall–Kier alpha value is -1.86. The summed E-state index contributed by atoms with van der Waals surface area (Å²) in [5.41, 5.74) is 7.29. The zero-order valence-electron chi connectivity index (χ0n) is 8.81. The van der Waals surface area contributed by atoms with Crippen molar-refractivity contribution in [3.8, 4) is 6.07 Å². The van der Waals surface area contributed by atoms with Gasteiger partial charge >= 0.3 is 0 Å². The van der Waals surface area contributed by atoms with Crippen LogP contribution in [-0.4, -0.2) is 11.9 Å². The third-order valence-corrected chi connectivity index (χ3v) is 2.68. The lowest BCUT2D eigenvalue weighted by molar-refractivity contribution is -0.117. The average Bonchev–Trinajstić information content (AvgIpc) is 2.99. The fraction of sp³-hybridized carbons (Fsp3) is 0.333. The van der Waals surface area contributed by atoms with Crippen molar-refractivity contribution in [2.75, 3.05) is 5.32 Å². The first-order valence-electron chi connectivity index (χ1n) is 5.23. The number of nitriles is 1. The Labute approximate surface area is 94.1 Å². The van der Waals surface area contributed by atoms with Crippen molar-refractivity contribution in [1.82, 2.24) is 0 Å². The lowest BCUT2D eigenvalue weighted by Crippen LogP contribution is -2.18. The van der Waals surface area contributed by atoms with E-state index >= 15 is 0 Å². The van der Waals surface area contributed by atoms with Crippen LogP contribution in [0.15, 0.2) is 24.3 Å². The van der Waals surface area contributed by atoms with Crippen LogP contribution >= 0.6 is 0 Å². The minimum Gasteiger partial charge on any atom is -0.327 e. The van der Waals surface area contributed by atoms with Crippen LogP contribution in [0.2, 0.25) is 0 Å². The van der Waals surface area contributed by atoms with Gasteiger partial charge in [0.2, 0.25) is 5.91 Å². The van der Waals surface area contributed by atoms with Gasteiger partial charge in [0.1, 0.15) is 0 Å². The highest BCUT2D eigenvalue weighted by Crippen LogP contribution is 2.29. The molecule has 1 aromatic rings. The molecule has 82 valence electrons. The van der Waals surface area contributed by atoms with Gasteiger partial charge in [0, 0.05) is 11.7 Å². The lowest BCUT2D eigenvalue weighted by Gasteiger charge is -2.04. The standard InChI is InChI=1S/C12H13N3O/c13-6-5-8-1-3-9(4-2-8)15-12(16)10-7-11(10)14/h1-4,10-11H,5,7,14H2,(H,15,16). The van der Waals surface area contributed by atoms with Crippen LogP contribution in [0.4, 0.5) is 5.69 Å². The third-order valence-electron chi connectivity index (χ3n) is 2.68. The third kappa shape index (κ3) is 2.38. The summed E-state index contributed by atoms with van der Waals surface area (Å²) in [7, 11) is 0. The molecule has 0 heterocycles. The van der Waals surface area contributed by atoms with Crippen LogP contribution in [0.3, 0.4) is 0 Å². The number of carbonyl (C=O) groups excluding carboxylic acids is 1. The number of nitrogens with zero attached hydrogens (tertiary/aromatic N) is 1. The molecular formula is C12H13N3O. The van der Waals surface area contributed by atoms with Crippen LogP contribution < -0.4 is 11.1 Å². The van der Waals surface area contributed by atoms with Crippen molar-refractivity contribution in [3.63, 3.8) is 0 Å². The van der Waals surface area contributed by atoms with Crippen molar-refractivity contribution in [2.45, 2.75) is 18.9 Å². The molecule has 4 nitrogen and oxygen atoms in total. The summed E-state index contributed by atoms with van der Waals surface area (Å²) in [5.74, 6) is -0.0423. The van der Waals surface area contributed by atoms with Crippen molar-refractivity contribution >= 4 is 11.6 Å². The molecule has 0 aromatic heterocycles. The molecule has 1 saturated carbocycles. The first-order valence-corrected chi connectivity index (χ1v) is 5.23. The number of nitrogens with two attached hydrogens (primary N) is 1. The van der Waals surface area contributed by atoms with E-state index in [-0.39, 0.29) is 17.9 Å². The summed E-state index contributed by atoms with van der Waals surface area (Å²) in [6.07, 6.45) is 1.17. The molecule has 2 atom stereocenters. The number of hydrogen-bond acceptors (Lipinski definition) is 3. The normalized spacial score (nSPS) is 22.2. The van der Waals surface area contributed by atoms with Crippen LogP contribution in [0.25, 0.3) is 0 Å². The number of carbonyl (C=O) groups is 1. The minimum atomic E-state index is -0.0289. The molecule has 1 aromatic carbocycles. The monoisotopic (exact) mass is 215 g/mol. The molecule has 1 aliphatic carbocycles. The molecule has 2 rings (SSSR count). The average molecular weight is 215 g/mol. The van der Waals surface area contributed by atoms with Gasteiger partial charge in [0.25, 0.3) is 0 Å². The summed E-state index contributed by atoms with van der Waals surface area (Å²) in [6, 6.07) is 9.39. The zero-order valence-corrected chi connectivity index (χ0v) is 8.81. The van der Waals surface area contributed by atoms with E-state index in [0.29, 0.717) is 6.42 Å². The van der Waals surface area contributed by atoms with Crippen LogP contribution in [0.5, 0.6) is 0 Å². The molecule has 3 N–H and O–H groups in total. The van der Waals surface area contributed by atoms with Crippen molar-refractivity contribution in [1.29, 1.82) is 5.26 Å². The number of rotatable bonds is 3. The number of hydrogen-bond donors (Lipinski definition) is 2. The highest BCUT2D eigenvalue weighted by Gasteiger charge is 2.39. The minimum absolute atomic E-state index is 0.0134. The fourth-order valence-corrected chi connectivity index (χ4v) is 1.55. The Morgan fingerprint density at radius 1 is 1.50 bits per heavy atom. The van der Waals surface area contributed by atoms with E-state index in [1.807, 2.05) is 12.1 Å². The summed E-state index contributed by atoms with van der Waals surface area (Å²) >= 11 is 0. The molecule has 0 aliphatic heterocycles. The number of anilines is 1. The molecule has 1 fully saturated rings. The Balaban J connectivity index is 1.95. The summed E-state index contributed by atoms with van der Waals surface area (Å²) < 4.78 is 0. The second-order valence-corrected chi connectivity index (χ2v) is 4.03. The Morgan fingerprint density at radius 3 is 2.62 bits per heavy atom. The Morgan fingerprint density at radius 2 is 2.12 bits per heavy atom. The van der Waals surface area contributed by atoms with Crippen LogP contribution in [0.1, 0.15) is 12.0 Å². The smallest absolute Gasteiger partial charge is 0.229 e. The topological polar surface area (TPSA) is 78.9 Å². The van der Waals surface area contributed by atoms with Gasteiger partial charge < -0.3 is 11.1 Å². The van der Waals surface area contributed by atoms with Gasteiger partial charge in [-0.25, -0.2) is 0 Å². The quantitative estimate of drug-likeness (QED) is 0.790. The van der Waals surface area contributed by atoms with Gasteiger partial charge in [-0.3, -0.25) is 4.79 Å².